The summed E-state index contributed by atoms with van der Waals surface area (Å²) in [5.74, 6) is 0.642. The predicted octanol–water partition coefficient (Wildman–Crippen LogP) is 2.31. The van der Waals surface area contributed by atoms with Gasteiger partial charge in [0, 0.05) is 30.2 Å². The minimum Gasteiger partial charge on any atom is -0.492 e. The number of halogens is 2. The zero-order valence-corrected chi connectivity index (χ0v) is 12.6. The van der Waals surface area contributed by atoms with E-state index in [1.165, 1.54) is 0 Å². The maximum absolute atomic E-state index is 9.57. The molecule has 1 aromatic carbocycles. The van der Waals surface area contributed by atoms with Crippen LogP contribution in [0.25, 0.3) is 0 Å². The summed E-state index contributed by atoms with van der Waals surface area (Å²) in [5, 5.41) is 10.7. The standard InChI is InChI=1S/C13H19Cl2NO3/c1-16(8-12(17)9-18-2)3-4-19-13-6-10(14)5-11(15)7-13/h5-7,12,17H,3-4,8-9H2,1-2H3. The highest BCUT2D eigenvalue weighted by Gasteiger charge is 2.08. The van der Waals surface area contributed by atoms with Gasteiger partial charge >= 0.3 is 0 Å². The van der Waals surface area contributed by atoms with Gasteiger partial charge in [-0.3, -0.25) is 0 Å². The second kappa shape index (κ2) is 8.61. The van der Waals surface area contributed by atoms with Crippen molar-refractivity contribution in [2.45, 2.75) is 6.10 Å². The minimum atomic E-state index is -0.490. The van der Waals surface area contributed by atoms with E-state index >= 15 is 0 Å². The number of aliphatic hydroxyl groups excluding tert-OH is 1. The molecule has 0 amide bonds. The highest BCUT2D eigenvalue weighted by Crippen LogP contribution is 2.23. The Kier molecular flexibility index (Phi) is 7.49. The van der Waals surface area contributed by atoms with Crippen molar-refractivity contribution in [1.82, 2.24) is 4.90 Å². The predicted molar refractivity (Wildman–Crippen MR) is 77.3 cm³/mol. The lowest BCUT2D eigenvalue weighted by Gasteiger charge is -2.20. The van der Waals surface area contributed by atoms with Crippen molar-refractivity contribution in [1.29, 1.82) is 0 Å². The average molecular weight is 308 g/mol. The molecule has 0 saturated carbocycles. The number of benzene rings is 1. The lowest BCUT2D eigenvalue weighted by molar-refractivity contribution is 0.0410. The van der Waals surface area contributed by atoms with Gasteiger partial charge in [-0.15, -0.1) is 0 Å². The van der Waals surface area contributed by atoms with Gasteiger partial charge in [0.15, 0.2) is 0 Å². The fourth-order valence-corrected chi connectivity index (χ4v) is 2.13. The van der Waals surface area contributed by atoms with Crippen molar-refractivity contribution in [2.75, 3.05) is 40.5 Å². The van der Waals surface area contributed by atoms with Crippen molar-refractivity contribution in [3.8, 4) is 5.75 Å². The summed E-state index contributed by atoms with van der Waals surface area (Å²) in [7, 11) is 3.47. The fourth-order valence-electron chi connectivity index (χ4n) is 1.63. The van der Waals surface area contributed by atoms with E-state index in [0.717, 1.165) is 0 Å². The zero-order chi connectivity index (χ0) is 14.3. The first-order valence-corrected chi connectivity index (χ1v) is 6.71. The molecule has 19 heavy (non-hydrogen) atoms. The van der Waals surface area contributed by atoms with Crippen LogP contribution in [0, 0.1) is 0 Å². The van der Waals surface area contributed by atoms with Crippen LogP contribution in [0.3, 0.4) is 0 Å². The molecule has 0 radical (unpaired) electrons. The molecule has 0 heterocycles. The lowest BCUT2D eigenvalue weighted by Crippen LogP contribution is -2.34. The highest BCUT2D eigenvalue weighted by molar-refractivity contribution is 6.34. The fraction of sp³-hybridized carbons (Fsp3) is 0.538. The van der Waals surface area contributed by atoms with Gasteiger partial charge in [-0.1, -0.05) is 23.2 Å². The van der Waals surface area contributed by atoms with Crippen LogP contribution < -0.4 is 4.74 Å². The molecule has 1 rings (SSSR count). The van der Waals surface area contributed by atoms with E-state index in [2.05, 4.69) is 0 Å². The molecule has 1 atom stereocenters. The lowest BCUT2D eigenvalue weighted by atomic mass is 10.3. The summed E-state index contributed by atoms with van der Waals surface area (Å²) in [4.78, 5) is 1.97. The zero-order valence-electron chi connectivity index (χ0n) is 11.1. The topological polar surface area (TPSA) is 41.9 Å². The number of rotatable bonds is 8. The Morgan fingerprint density at radius 2 is 1.89 bits per heavy atom. The van der Waals surface area contributed by atoms with Gasteiger partial charge in [-0.2, -0.15) is 0 Å². The normalized spacial score (nSPS) is 12.7. The maximum Gasteiger partial charge on any atom is 0.122 e. The van der Waals surface area contributed by atoms with E-state index in [1.54, 1.807) is 25.3 Å². The average Bonchev–Trinajstić information content (AvgIpc) is 2.27. The Labute approximate surface area is 123 Å². The summed E-state index contributed by atoms with van der Waals surface area (Å²) >= 11 is 11.7. The van der Waals surface area contributed by atoms with Crippen LogP contribution in [0.15, 0.2) is 18.2 Å². The largest absolute Gasteiger partial charge is 0.492 e. The Hall–Kier alpha value is -0.520. The summed E-state index contributed by atoms with van der Waals surface area (Å²) in [6.07, 6.45) is -0.490. The molecule has 1 unspecified atom stereocenters. The SMILES string of the molecule is COCC(O)CN(C)CCOc1cc(Cl)cc(Cl)c1. The number of likely N-dealkylation sites (N-methyl/N-ethyl adjacent to an activating group) is 1. The molecule has 6 heteroatoms. The van der Waals surface area contributed by atoms with Gasteiger partial charge in [-0.05, 0) is 25.2 Å². The van der Waals surface area contributed by atoms with E-state index in [1.807, 2.05) is 11.9 Å². The summed E-state index contributed by atoms with van der Waals surface area (Å²) < 4.78 is 10.4. The quantitative estimate of drug-likeness (QED) is 0.800. The Morgan fingerprint density at radius 1 is 1.26 bits per heavy atom. The van der Waals surface area contributed by atoms with E-state index in [0.29, 0.717) is 42.1 Å². The van der Waals surface area contributed by atoms with Gasteiger partial charge < -0.3 is 19.5 Å². The molecule has 0 fully saturated rings. The second-order valence-corrected chi connectivity index (χ2v) is 5.20. The number of hydrogen-bond donors (Lipinski definition) is 1. The van der Waals surface area contributed by atoms with Gasteiger partial charge in [0.1, 0.15) is 12.4 Å². The van der Waals surface area contributed by atoms with Crippen molar-refractivity contribution < 1.29 is 14.6 Å². The van der Waals surface area contributed by atoms with Crippen LogP contribution in [0.4, 0.5) is 0 Å². The molecule has 0 saturated heterocycles. The van der Waals surface area contributed by atoms with Crippen LogP contribution in [-0.2, 0) is 4.74 Å². The third-order valence-electron chi connectivity index (χ3n) is 2.46. The summed E-state index contributed by atoms with van der Waals surface area (Å²) in [6.45, 7) is 2.04. The van der Waals surface area contributed by atoms with E-state index < -0.39 is 6.10 Å². The molecule has 0 aliphatic heterocycles. The van der Waals surface area contributed by atoms with Crippen LogP contribution >= 0.6 is 23.2 Å². The molecule has 0 bridgehead atoms. The van der Waals surface area contributed by atoms with Crippen molar-refractivity contribution in [2.24, 2.45) is 0 Å². The summed E-state index contributed by atoms with van der Waals surface area (Å²) in [6, 6.07) is 5.09. The molecule has 0 spiro atoms. The second-order valence-electron chi connectivity index (χ2n) is 4.33. The van der Waals surface area contributed by atoms with Crippen LogP contribution in [0.1, 0.15) is 0 Å². The van der Waals surface area contributed by atoms with Gasteiger partial charge in [0.2, 0.25) is 0 Å². The molecule has 0 aliphatic carbocycles. The van der Waals surface area contributed by atoms with Crippen molar-refractivity contribution in [3.05, 3.63) is 28.2 Å². The van der Waals surface area contributed by atoms with E-state index in [-0.39, 0.29) is 0 Å². The molecule has 4 nitrogen and oxygen atoms in total. The van der Waals surface area contributed by atoms with Gasteiger partial charge in [-0.25, -0.2) is 0 Å². The number of aliphatic hydroxyl groups is 1. The molecule has 0 aliphatic rings. The number of ether oxygens (including phenoxy) is 2. The summed E-state index contributed by atoms with van der Waals surface area (Å²) in [5.41, 5.74) is 0. The number of nitrogens with zero attached hydrogens (tertiary/aromatic N) is 1. The molecule has 0 aromatic heterocycles. The molecule has 108 valence electrons. The first-order chi connectivity index (χ1) is 9.01. The van der Waals surface area contributed by atoms with Gasteiger partial charge in [0.25, 0.3) is 0 Å². The first-order valence-electron chi connectivity index (χ1n) is 5.95. The number of hydrogen-bond acceptors (Lipinski definition) is 4. The van der Waals surface area contributed by atoms with Crippen molar-refractivity contribution in [3.63, 3.8) is 0 Å². The van der Waals surface area contributed by atoms with Crippen LogP contribution in [0.2, 0.25) is 10.0 Å². The monoisotopic (exact) mass is 307 g/mol. The highest BCUT2D eigenvalue weighted by atomic mass is 35.5. The molecule has 1 aromatic rings. The van der Waals surface area contributed by atoms with Crippen LogP contribution in [0.5, 0.6) is 5.75 Å². The number of methoxy groups -OCH3 is 1. The first kappa shape index (κ1) is 16.5. The Bertz CT molecular complexity index is 370. The molecular weight excluding hydrogens is 289 g/mol. The van der Waals surface area contributed by atoms with Crippen LogP contribution in [-0.4, -0.2) is 56.6 Å². The van der Waals surface area contributed by atoms with Crippen molar-refractivity contribution >= 4 is 23.2 Å². The molecule has 1 N–H and O–H groups in total. The van der Waals surface area contributed by atoms with Gasteiger partial charge in [0.05, 0.1) is 12.7 Å². The molecular formula is C13H19Cl2NO3. The Morgan fingerprint density at radius 3 is 2.47 bits per heavy atom. The third-order valence-corrected chi connectivity index (χ3v) is 2.90. The third kappa shape index (κ3) is 6.99. The van der Waals surface area contributed by atoms with E-state index in [4.69, 9.17) is 32.7 Å². The minimum absolute atomic E-state index is 0.328. The smallest absolute Gasteiger partial charge is 0.122 e. The Balaban J connectivity index is 2.29. The maximum atomic E-state index is 9.57. The van der Waals surface area contributed by atoms with E-state index in [9.17, 15) is 5.11 Å².